The van der Waals surface area contributed by atoms with Crippen LogP contribution < -0.4 is 45.6 Å². The maximum atomic E-state index is 6.87. The van der Waals surface area contributed by atoms with E-state index in [4.69, 9.17) is 9.72 Å². The Balaban J connectivity index is 0.935. The van der Waals surface area contributed by atoms with Crippen LogP contribution in [-0.4, -0.2) is 18.4 Å². The lowest BCUT2D eigenvalue weighted by Crippen LogP contribution is -2.61. The SMILES string of the molecule is Cc1cc(C)c(N2CN(c3cccc(Oc4cccc(N(c5cc6c7c(c5)N(c5ccccc5)c5ccccc5B7c5ccccc5N6c5ccccc5)c5ccccn5)c4)c3)c3ccccc32)c(C)c1. The summed E-state index contributed by atoms with van der Waals surface area (Å²) in [6.45, 7) is 7.29. The van der Waals surface area contributed by atoms with Crippen LogP contribution in [0.1, 0.15) is 16.7 Å². The van der Waals surface area contributed by atoms with Crippen molar-refractivity contribution in [1.29, 1.82) is 0 Å². The van der Waals surface area contributed by atoms with Crippen molar-refractivity contribution in [3.05, 3.63) is 247 Å². The summed E-state index contributed by atoms with van der Waals surface area (Å²) in [6, 6.07) is 80.2. The number of nitrogens with zero attached hydrogens (tertiary/aromatic N) is 6. The van der Waals surface area contributed by atoms with Crippen LogP contribution >= 0.6 is 0 Å². The molecule has 0 saturated heterocycles. The number of ether oxygens (including phenoxy) is 1. The molecule has 0 radical (unpaired) electrons. The van der Waals surface area contributed by atoms with E-state index in [2.05, 4.69) is 252 Å². The number of benzene rings is 9. The number of hydrogen-bond donors (Lipinski definition) is 0. The van der Waals surface area contributed by atoms with E-state index in [0.717, 1.165) is 68.4 Å². The maximum Gasteiger partial charge on any atom is 0.252 e. The molecule has 10 aromatic rings. The van der Waals surface area contributed by atoms with E-state index in [9.17, 15) is 0 Å². The molecule has 0 unspecified atom stereocenters. The van der Waals surface area contributed by atoms with Crippen molar-refractivity contribution in [2.45, 2.75) is 20.8 Å². The zero-order valence-corrected chi connectivity index (χ0v) is 39.8. The van der Waals surface area contributed by atoms with Crippen molar-refractivity contribution in [1.82, 2.24) is 4.98 Å². The number of aryl methyl sites for hydroxylation is 3. The van der Waals surface area contributed by atoms with Crippen LogP contribution in [0, 0.1) is 20.8 Å². The van der Waals surface area contributed by atoms with Crippen LogP contribution in [0.2, 0.25) is 0 Å². The maximum absolute atomic E-state index is 6.87. The molecule has 9 aromatic carbocycles. The Hall–Kier alpha value is -9.01. The number of rotatable bonds is 9. The van der Waals surface area contributed by atoms with Gasteiger partial charge in [-0.15, -0.1) is 0 Å². The highest BCUT2D eigenvalue weighted by atomic mass is 16.5. The van der Waals surface area contributed by atoms with Gasteiger partial charge in [0, 0.05) is 63.8 Å². The van der Waals surface area contributed by atoms with Crippen molar-refractivity contribution in [3.8, 4) is 11.5 Å². The molecule has 1 aromatic heterocycles. The van der Waals surface area contributed by atoms with E-state index in [1.165, 1.54) is 44.5 Å². The normalized spacial score (nSPS) is 13.1. The third-order valence-electron chi connectivity index (χ3n) is 14.1. The van der Waals surface area contributed by atoms with Gasteiger partial charge in [-0.2, -0.15) is 0 Å². The molecule has 0 N–H and O–H groups in total. The molecule has 340 valence electrons. The van der Waals surface area contributed by atoms with Gasteiger partial charge in [-0.1, -0.05) is 121 Å². The first kappa shape index (κ1) is 42.1. The highest BCUT2D eigenvalue weighted by Gasteiger charge is 2.44. The molecule has 0 bridgehead atoms. The van der Waals surface area contributed by atoms with Crippen LogP contribution in [-0.2, 0) is 0 Å². The molecule has 4 heterocycles. The largest absolute Gasteiger partial charge is 0.457 e. The quantitative estimate of drug-likeness (QED) is 0.134. The lowest BCUT2D eigenvalue weighted by molar-refractivity contribution is 0.483. The second-order valence-corrected chi connectivity index (χ2v) is 18.6. The molecule has 7 nitrogen and oxygen atoms in total. The molecular formula is C63H49BN6O. The molecule has 8 heteroatoms. The van der Waals surface area contributed by atoms with Gasteiger partial charge in [0.1, 0.15) is 24.0 Å². The van der Waals surface area contributed by atoms with Gasteiger partial charge in [0.2, 0.25) is 0 Å². The number of hydrogen-bond acceptors (Lipinski definition) is 7. The molecule has 0 atom stereocenters. The topological polar surface area (TPSA) is 38.3 Å². The van der Waals surface area contributed by atoms with Crippen molar-refractivity contribution in [3.63, 3.8) is 0 Å². The minimum Gasteiger partial charge on any atom is -0.457 e. The summed E-state index contributed by atoms with van der Waals surface area (Å²) >= 11 is 0. The summed E-state index contributed by atoms with van der Waals surface area (Å²) in [5.41, 5.74) is 20.9. The standard InChI is InChI=1S/C63H49BN6O/c1-43-36-44(2)63(45(3)37-43)67-42-66(57-32-14-15-33-58(57)67)48-24-18-26-51(38-48)71-52-27-19-25-49(39-52)68(61-34-16-17-35-65-61)50-40-59-62-60(41-50)70(47-22-8-5-9-23-47)56-31-13-11-29-54(56)64(62)53-28-10-12-30-55(53)69(59)46-20-6-4-7-21-46/h4-41H,42H2,1-3H3. The van der Waals surface area contributed by atoms with E-state index < -0.39 is 0 Å². The van der Waals surface area contributed by atoms with Gasteiger partial charge in [-0.05, 0) is 145 Å². The van der Waals surface area contributed by atoms with Crippen molar-refractivity contribution in [2.75, 3.05) is 31.2 Å². The summed E-state index contributed by atoms with van der Waals surface area (Å²) in [7, 11) is 0. The molecular weight excluding hydrogens is 868 g/mol. The Bertz CT molecular complexity index is 3510. The zero-order valence-electron chi connectivity index (χ0n) is 39.8. The smallest absolute Gasteiger partial charge is 0.252 e. The van der Waals surface area contributed by atoms with Gasteiger partial charge >= 0.3 is 0 Å². The number of pyridine rings is 1. The van der Waals surface area contributed by atoms with Crippen LogP contribution in [0.3, 0.4) is 0 Å². The van der Waals surface area contributed by atoms with Crippen LogP contribution in [0.5, 0.6) is 11.5 Å². The Morgan fingerprint density at radius 1 is 0.437 bits per heavy atom. The van der Waals surface area contributed by atoms with Gasteiger partial charge in [-0.25, -0.2) is 4.98 Å². The summed E-state index contributed by atoms with van der Waals surface area (Å²) in [4.78, 5) is 17.0. The summed E-state index contributed by atoms with van der Waals surface area (Å²) in [6.07, 6.45) is 1.87. The Kier molecular flexibility index (Phi) is 10.2. The predicted molar refractivity (Wildman–Crippen MR) is 296 cm³/mol. The predicted octanol–water partition coefficient (Wildman–Crippen LogP) is 14.6. The number of fused-ring (bicyclic) bond motifs is 5. The first-order valence-corrected chi connectivity index (χ1v) is 24.3. The Morgan fingerprint density at radius 2 is 0.958 bits per heavy atom. The second kappa shape index (κ2) is 17.2. The second-order valence-electron chi connectivity index (χ2n) is 18.6. The fraction of sp³-hybridized carbons (Fsp3) is 0.0635. The minimum atomic E-state index is 0.00474. The molecule has 0 spiro atoms. The summed E-state index contributed by atoms with van der Waals surface area (Å²) in [5.74, 6) is 2.26. The first-order valence-electron chi connectivity index (χ1n) is 24.3. The zero-order chi connectivity index (χ0) is 47.6. The van der Waals surface area contributed by atoms with Gasteiger partial charge in [0.25, 0.3) is 6.71 Å². The highest BCUT2D eigenvalue weighted by Crippen LogP contribution is 2.49. The van der Waals surface area contributed by atoms with E-state index in [-0.39, 0.29) is 6.71 Å². The van der Waals surface area contributed by atoms with Crippen LogP contribution in [0.15, 0.2) is 231 Å². The molecule has 3 aliphatic rings. The number of aromatic nitrogens is 1. The average molecular weight is 917 g/mol. The Labute approximate surface area is 415 Å². The first-order chi connectivity index (χ1) is 35.0. The van der Waals surface area contributed by atoms with E-state index in [1.54, 1.807) is 0 Å². The fourth-order valence-electron chi connectivity index (χ4n) is 11.4. The van der Waals surface area contributed by atoms with Crippen molar-refractivity contribution >= 4 is 97.2 Å². The van der Waals surface area contributed by atoms with E-state index in [0.29, 0.717) is 12.4 Å². The molecule has 3 aliphatic heterocycles. The molecule has 0 amide bonds. The molecule has 71 heavy (non-hydrogen) atoms. The molecule has 0 fully saturated rings. The minimum absolute atomic E-state index is 0.00474. The fourth-order valence-corrected chi connectivity index (χ4v) is 11.4. The summed E-state index contributed by atoms with van der Waals surface area (Å²) in [5, 5.41) is 0. The third kappa shape index (κ3) is 7.18. The lowest BCUT2D eigenvalue weighted by atomic mass is 9.33. The lowest BCUT2D eigenvalue weighted by Gasteiger charge is -2.44. The van der Waals surface area contributed by atoms with Crippen LogP contribution in [0.4, 0.5) is 74.1 Å². The third-order valence-corrected chi connectivity index (χ3v) is 14.1. The summed E-state index contributed by atoms with van der Waals surface area (Å²) < 4.78 is 6.87. The average Bonchev–Trinajstić information content (AvgIpc) is 3.78. The number of para-hydroxylation sites is 6. The Morgan fingerprint density at radius 3 is 1.56 bits per heavy atom. The number of anilines is 13. The monoisotopic (exact) mass is 916 g/mol. The van der Waals surface area contributed by atoms with E-state index in [1.807, 2.05) is 24.4 Å². The van der Waals surface area contributed by atoms with Gasteiger partial charge in [-0.3, -0.25) is 4.90 Å². The molecule has 0 saturated carbocycles. The van der Waals surface area contributed by atoms with Gasteiger partial charge < -0.3 is 24.3 Å². The molecule has 13 rings (SSSR count). The van der Waals surface area contributed by atoms with Gasteiger partial charge in [0.15, 0.2) is 0 Å². The van der Waals surface area contributed by atoms with Crippen LogP contribution in [0.25, 0.3) is 0 Å². The molecule has 0 aliphatic carbocycles. The van der Waals surface area contributed by atoms with Crippen molar-refractivity contribution < 1.29 is 4.74 Å². The van der Waals surface area contributed by atoms with Gasteiger partial charge in [0.05, 0.1) is 22.7 Å². The van der Waals surface area contributed by atoms with Crippen molar-refractivity contribution in [2.24, 2.45) is 0 Å². The highest BCUT2D eigenvalue weighted by molar-refractivity contribution is 7.00. The van der Waals surface area contributed by atoms with E-state index >= 15 is 0 Å².